The number of hydrogen-bond donors (Lipinski definition) is 1. The van der Waals surface area contributed by atoms with E-state index < -0.39 is 0 Å². The molecule has 0 aromatic carbocycles. The number of amides is 2. The Labute approximate surface area is 118 Å². The first-order valence-corrected chi connectivity index (χ1v) is 6.82. The predicted molar refractivity (Wildman–Crippen MR) is 73.7 cm³/mol. The number of piperidine rings is 1. The van der Waals surface area contributed by atoms with Crippen molar-refractivity contribution >= 4 is 6.03 Å². The first-order chi connectivity index (χ1) is 9.58. The van der Waals surface area contributed by atoms with E-state index in [0.717, 1.165) is 24.2 Å². The quantitative estimate of drug-likeness (QED) is 0.886. The molecule has 1 N–H and O–H groups in total. The highest BCUT2D eigenvalue weighted by atomic mass is 16.2. The molecule has 20 heavy (non-hydrogen) atoms. The van der Waals surface area contributed by atoms with Gasteiger partial charge in [0, 0.05) is 24.5 Å². The Morgan fingerprint density at radius 3 is 2.85 bits per heavy atom. The van der Waals surface area contributed by atoms with Crippen molar-refractivity contribution in [3.63, 3.8) is 0 Å². The number of carbonyl (C=O) groups excluding carboxylic acids is 1. The van der Waals surface area contributed by atoms with Crippen LogP contribution in [-0.2, 0) is 6.54 Å². The summed E-state index contributed by atoms with van der Waals surface area (Å²) >= 11 is 0. The van der Waals surface area contributed by atoms with Gasteiger partial charge in [-0.1, -0.05) is 0 Å². The number of likely N-dealkylation sites (tertiary alicyclic amines) is 1. The monoisotopic (exact) mass is 273 g/mol. The molecule has 106 valence electrons. The first kappa shape index (κ1) is 14.3. The van der Waals surface area contributed by atoms with E-state index in [0.29, 0.717) is 25.5 Å². The van der Waals surface area contributed by atoms with Gasteiger partial charge in [-0.15, -0.1) is 0 Å². The molecular formula is C14H19N5O. The van der Waals surface area contributed by atoms with E-state index in [1.165, 1.54) is 0 Å². The third kappa shape index (κ3) is 3.67. The molecule has 1 aromatic heterocycles. The zero-order valence-corrected chi connectivity index (χ0v) is 11.9. The molecule has 1 atom stereocenters. The highest BCUT2D eigenvalue weighted by Crippen LogP contribution is 2.15. The van der Waals surface area contributed by atoms with Crippen LogP contribution >= 0.6 is 0 Å². The molecule has 1 aliphatic rings. The number of aryl methyl sites for hydroxylation is 2. The summed E-state index contributed by atoms with van der Waals surface area (Å²) in [5.74, 6) is 0.566. The minimum absolute atomic E-state index is 0.0491. The molecule has 1 aliphatic heterocycles. The van der Waals surface area contributed by atoms with Gasteiger partial charge in [-0.25, -0.2) is 14.8 Å². The predicted octanol–water partition coefficient (Wildman–Crippen LogP) is 1.54. The Balaban J connectivity index is 1.90. The lowest BCUT2D eigenvalue weighted by Crippen LogP contribution is -2.45. The smallest absolute Gasteiger partial charge is 0.317 e. The van der Waals surface area contributed by atoms with Crippen molar-refractivity contribution in [2.75, 3.05) is 13.1 Å². The molecule has 2 amide bonds. The summed E-state index contributed by atoms with van der Waals surface area (Å²) in [5, 5.41) is 11.8. The zero-order valence-electron chi connectivity index (χ0n) is 11.9. The fourth-order valence-corrected chi connectivity index (χ4v) is 2.41. The van der Waals surface area contributed by atoms with Gasteiger partial charge in [0.15, 0.2) is 0 Å². The van der Waals surface area contributed by atoms with Crippen LogP contribution in [0, 0.1) is 31.1 Å². The standard InChI is InChI=1S/C14H19N5O/c1-10-6-11(2)18-13(17-10)8-16-14(20)19-5-3-4-12(7-15)9-19/h6,12H,3-5,8-9H2,1-2H3,(H,16,20)/t12-/m0/s1. The summed E-state index contributed by atoms with van der Waals surface area (Å²) in [4.78, 5) is 22.3. The molecular weight excluding hydrogens is 254 g/mol. The van der Waals surface area contributed by atoms with E-state index in [1.807, 2.05) is 19.9 Å². The van der Waals surface area contributed by atoms with Crippen LogP contribution < -0.4 is 5.32 Å². The molecule has 1 aromatic rings. The zero-order chi connectivity index (χ0) is 14.5. The largest absolute Gasteiger partial charge is 0.331 e. The van der Waals surface area contributed by atoms with Crippen molar-refractivity contribution in [2.45, 2.75) is 33.2 Å². The highest BCUT2D eigenvalue weighted by Gasteiger charge is 2.23. The maximum atomic E-state index is 12.1. The van der Waals surface area contributed by atoms with E-state index in [4.69, 9.17) is 5.26 Å². The van der Waals surface area contributed by atoms with Crippen LogP contribution in [0.4, 0.5) is 4.79 Å². The van der Waals surface area contributed by atoms with Crippen molar-refractivity contribution in [1.82, 2.24) is 20.2 Å². The average Bonchev–Trinajstić information content (AvgIpc) is 2.44. The number of carbonyl (C=O) groups is 1. The number of rotatable bonds is 2. The molecule has 0 aliphatic carbocycles. The number of nitriles is 1. The van der Waals surface area contributed by atoms with Gasteiger partial charge in [0.25, 0.3) is 0 Å². The second kappa shape index (κ2) is 6.33. The number of urea groups is 1. The molecule has 1 fully saturated rings. The molecule has 0 radical (unpaired) electrons. The fraction of sp³-hybridized carbons (Fsp3) is 0.571. The van der Waals surface area contributed by atoms with Crippen molar-refractivity contribution in [3.8, 4) is 6.07 Å². The number of nitrogens with one attached hydrogen (secondary N) is 1. The Hall–Kier alpha value is -2.16. The van der Waals surface area contributed by atoms with Gasteiger partial charge in [0.2, 0.25) is 0 Å². The summed E-state index contributed by atoms with van der Waals surface area (Å²) < 4.78 is 0. The fourth-order valence-electron chi connectivity index (χ4n) is 2.41. The average molecular weight is 273 g/mol. The van der Waals surface area contributed by atoms with Crippen LogP contribution in [0.2, 0.25) is 0 Å². The van der Waals surface area contributed by atoms with Gasteiger partial charge in [-0.3, -0.25) is 0 Å². The third-order valence-corrected chi connectivity index (χ3v) is 3.32. The molecule has 0 spiro atoms. The van der Waals surface area contributed by atoms with Gasteiger partial charge >= 0.3 is 6.03 Å². The third-order valence-electron chi connectivity index (χ3n) is 3.32. The second-order valence-electron chi connectivity index (χ2n) is 5.14. The second-order valence-corrected chi connectivity index (χ2v) is 5.14. The number of nitrogens with zero attached hydrogens (tertiary/aromatic N) is 4. The highest BCUT2D eigenvalue weighted by molar-refractivity contribution is 5.74. The molecule has 6 heteroatoms. The van der Waals surface area contributed by atoms with E-state index in [1.54, 1.807) is 4.90 Å². The summed E-state index contributed by atoms with van der Waals surface area (Å²) in [6.45, 7) is 5.34. The molecule has 2 heterocycles. The topological polar surface area (TPSA) is 81.9 Å². The number of hydrogen-bond acceptors (Lipinski definition) is 4. The minimum Gasteiger partial charge on any atom is -0.331 e. The Bertz CT molecular complexity index is 517. The maximum Gasteiger partial charge on any atom is 0.317 e. The van der Waals surface area contributed by atoms with E-state index >= 15 is 0 Å². The first-order valence-electron chi connectivity index (χ1n) is 6.82. The minimum atomic E-state index is -0.146. The maximum absolute atomic E-state index is 12.1. The van der Waals surface area contributed by atoms with Crippen molar-refractivity contribution in [2.24, 2.45) is 5.92 Å². The normalized spacial score (nSPS) is 18.4. The molecule has 0 saturated carbocycles. The van der Waals surface area contributed by atoms with Crippen molar-refractivity contribution in [1.29, 1.82) is 5.26 Å². The lowest BCUT2D eigenvalue weighted by Gasteiger charge is -2.29. The summed E-state index contributed by atoms with van der Waals surface area (Å²) in [6, 6.07) is 3.98. The van der Waals surface area contributed by atoms with Crippen LogP contribution in [0.1, 0.15) is 30.1 Å². The number of aromatic nitrogens is 2. The van der Waals surface area contributed by atoms with Gasteiger partial charge < -0.3 is 10.2 Å². The summed E-state index contributed by atoms with van der Waals surface area (Å²) in [5.41, 5.74) is 1.79. The lowest BCUT2D eigenvalue weighted by molar-refractivity contribution is 0.176. The van der Waals surface area contributed by atoms with Crippen molar-refractivity contribution in [3.05, 3.63) is 23.3 Å². The van der Waals surface area contributed by atoms with Gasteiger partial charge in [-0.05, 0) is 32.8 Å². The van der Waals surface area contributed by atoms with E-state index in [9.17, 15) is 4.79 Å². The van der Waals surface area contributed by atoms with Gasteiger partial charge in [0.05, 0.1) is 18.5 Å². The molecule has 6 nitrogen and oxygen atoms in total. The van der Waals surface area contributed by atoms with Crippen LogP contribution in [0.25, 0.3) is 0 Å². The van der Waals surface area contributed by atoms with Crippen LogP contribution in [0.3, 0.4) is 0 Å². The Morgan fingerprint density at radius 2 is 2.20 bits per heavy atom. The molecule has 1 saturated heterocycles. The molecule has 2 rings (SSSR count). The van der Waals surface area contributed by atoms with Crippen LogP contribution in [-0.4, -0.2) is 34.0 Å². The van der Waals surface area contributed by atoms with Gasteiger partial charge in [-0.2, -0.15) is 5.26 Å². The Morgan fingerprint density at radius 1 is 1.50 bits per heavy atom. The van der Waals surface area contributed by atoms with E-state index in [2.05, 4.69) is 21.4 Å². The van der Waals surface area contributed by atoms with Crippen molar-refractivity contribution < 1.29 is 4.79 Å². The Kier molecular flexibility index (Phi) is 4.51. The molecule has 0 unspecified atom stereocenters. The SMILES string of the molecule is Cc1cc(C)nc(CNC(=O)N2CCC[C@@H](C#N)C2)n1. The van der Waals surface area contributed by atoms with Crippen LogP contribution in [0.15, 0.2) is 6.07 Å². The summed E-state index contributed by atoms with van der Waals surface area (Å²) in [6.07, 6.45) is 1.76. The van der Waals surface area contributed by atoms with Crippen LogP contribution in [0.5, 0.6) is 0 Å². The lowest BCUT2D eigenvalue weighted by atomic mass is 10.0. The van der Waals surface area contributed by atoms with E-state index in [-0.39, 0.29) is 11.9 Å². The molecule has 0 bridgehead atoms. The van der Waals surface area contributed by atoms with Gasteiger partial charge in [0.1, 0.15) is 5.82 Å². The summed E-state index contributed by atoms with van der Waals surface area (Å²) in [7, 11) is 0.